The van der Waals surface area contributed by atoms with E-state index in [0.29, 0.717) is 10.6 Å². The molecule has 2 fully saturated rings. The summed E-state index contributed by atoms with van der Waals surface area (Å²) in [6.45, 7) is 1.15. The van der Waals surface area contributed by atoms with Gasteiger partial charge in [-0.2, -0.15) is 0 Å². The lowest BCUT2D eigenvalue weighted by atomic mass is 9.99. The third-order valence-corrected chi connectivity index (χ3v) is 6.14. The molecule has 0 spiro atoms. The zero-order chi connectivity index (χ0) is 21.3. The van der Waals surface area contributed by atoms with Crippen LogP contribution in [0.2, 0.25) is 5.02 Å². The molecule has 0 aliphatic carbocycles. The largest absolute Gasteiger partial charge is 0.347 e. The van der Waals surface area contributed by atoms with Gasteiger partial charge in [-0.05, 0) is 48.9 Å². The van der Waals surface area contributed by atoms with Crippen molar-refractivity contribution in [2.24, 2.45) is 0 Å². The van der Waals surface area contributed by atoms with Gasteiger partial charge in [0.15, 0.2) is 0 Å². The molecule has 2 aliphatic heterocycles. The molecule has 0 radical (unpaired) electrons. The van der Waals surface area contributed by atoms with E-state index in [-0.39, 0.29) is 49.2 Å². The fourth-order valence-electron chi connectivity index (χ4n) is 4.24. The average molecular weight is 426 g/mol. The van der Waals surface area contributed by atoms with Crippen molar-refractivity contribution >= 4 is 29.3 Å². The lowest BCUT2D eigenvalue weighted by Gasteiger charge is -2.26. The fourth-order valence-corrected chi connectivity index (χ4v) is 4.37. The van der Waals surface area contributed by atoms with Crippen LogP contribution in [0.15, 0.2) is 48.5 Å². The maximum atomic E-state index is 12.8. The zero-order valence-electron chi connectivity index (χ0n) is 16.8. The topological polar surface area (TPSA) is 69.7 Å². The number of carbonyl (C=O) groups excluding carboxylic acids is 3. The van der Waals surface area contributed by atoms with Gasteiger partial charge < -0.3 is 5.32 Å². The van der Waals surface area contributed by atoms with Crippen molar-refractivity contribution < 1.29 is 14.4 Å². The molecule has 0 bridgehead atoms. The van der Waals surface area contributed by atoms with Crippen LogP contribution >= 0.6 is 11.6 Å². The second-order valence-electron chi connectivity index (χ2n) is 7.92. The molecule has 1 N–H and O–H groups in total. The standard InChI is InChI=1S/C23H24ClN3O3/c1-26-13-12-19(22(26)16-6-8-18(24)9-7-16)25-23(30)17-4-2-15(3-5-17)14-27-20(28)10-11-21(27)29/h2-9,19,22H,10-14H2,1H3,(H,25,30)/t19-,22+/m1/s1. The maximum Gasteiger partial charge on any atom is 0.251 e. The molecule has 2 heterocycles. The summed E-state index contributed by atoms with van der Waals surface area (Å²) in [5, 5.41) is 3.86. The molecule has 4 rings (SSSR count). The van der Waals surface area contributed by atoms with E-state index in [2.05, 4.69) is 17.3 Å². The van der Waals surface area contributed by atoms with E-state index in [1.54, 1.807) is 24.3 Å². The first-order valence-electron chi connectivity index (χ1n) is 10.1. The predicted molar refractivity (Wildman–Crippen MR) is 114 cm³/mol. The number of rotatable bonds is 5. The summed E-state index contributed by atoms with van der Waals surface area (Å²) in [7, 11) is 2.06. The lowest BCUT2D eigenvalue weighted by molar-refractivity contribution is -0.139. The Morgan fingerprint density at radius 1 is 1.03 bits per heavy atom. The number of benzene rings is 2. The highest BCUT2D eigenvalue weighted by Crippen LogP contribution is 2.31. The summed E-state index contributed by atoms with van der Waals surface area (Å²) < 4.78 is 0. The van der Waals surface area contributed by atoms with Gasteiger partial charge in [0, 0.05) is 30.0 Å². The van der Waals surface area contributed by atoms with Crippen LogP contribution in [0, 0.1) is 0 Å². The number of imide groups is 1. The molecule has 30 heavy (non-hydrogen) atoms. The molecule has 2 aromatic carbocycles. The Labute approximate surface area is 180 Å². The van der Waals surface area contributed by atoms with E-state index >= 15 is 0 Å². The van der Waals surface area contributed by atoms with Crippen LogP contribution in [0.1, 0.15) is 46.8 Å². The molecule has 3 amide bonds. The number of nitrogens with zero attached hydrogens (tertiary/aromatic N) is 2. The number of likely N-dealkylation sites (N-methyl/N-ethyl adjacent to an activating group) is 1. The van der Waals surface area contributed by atoms with Gasteiger partial charge >= 0.3 is 0 Å². The summed E-state index contributed by atoms with van der Waals surface area (Å²) in [5.74, 6) is -0.407. The molecule has 0 aromatic heterocycles. The summed E-state index contributed by atoms with van der Waals surface area (Å²) in [6, 6.07) is 14.9. The Hall–Kier alpha value is -2.70. The van der Waals surface area contributed by atoms with Gasteiger partial charge in [-0.3, -0.25) is 24.2 Å². The van der Waals surface area contributed by atoms with Gasteiger partial charge in [0.1, 0.15) is 0 Å². The van der Waals surface area contributed by atoms with Gasteiger partial charge in [0.2, 0.25) is 11.8 Å². The van der Waals surface area contributed by atoms with E-state index in [1.807, 2.05) is 24.3 Å². The second-order valence-corrected chi connectivity index (χ2v) is 8.35. The van der Waals surface area contributed by atoms with Crippen molar-refractivity contribution in [1.29, 1.82) is 0 Å². The van der Waals surface area contributed by atoms with E-state index in [9.17, 15) is 14.4 Å². The van der Waals surface area contributed by atoms with Crippen LogP contribution in [0.3, 0.4) is 0 Å². The van der Waals surface area contributed by atoms with Gasteiger partial charge in [0.05, 0.1) is 18.6 Å². The Kier molecular flexibility index (Phi) is 5.88. The molecule has 0 unspecified atom stereocenters. The summed E-state index contributed by atoms with van der Waals surface area (Å²) in [5.41, 5.74) is 2.51. The molecule has 2 aromatic rings. The number of nitrogens with one attached hydrogen (secondary N) is 1. The maximum absolute atomic E-state index is 12.8. The van der Waals surface area contributed by atoms with Crippen molar-refractivity contribution in [2.75, 3.05) is 13.6 Å². The third-order valence-electron chi connectivity index (χ3n) is 5.89. The van der Waals surface area contributed by atoms with Crippen molar-refractivity contribution in [3.63, 3.8) is 0 Å². The first-order valence-corrected chi connectivity index (χ1v) is 10.5. The molecule has 0 saturated carbocycles. The fraction of sp³-hybridized carbons (Fsp3) is 0.348. The van der Waals surface area contributed by atoms with Crippen molar-refractivity contribution in [3.8, 4) is 0 Å². The minimum Gasteiger partial charge on any atom is -0.347 e. The van der Waals surface area contributed by atoms with E-state index in [0.717, 1.165) is 24.1 Å². The van der Waals surface area contributed by atoms with Gasteiger partial charge in [0.25, 0.3) is 5.91 Å². The Morgan fingerprint density at radius 2 is 1.67 bits per heavy atom. The number of carbonyl (C=O) groups is 3. The number of amides is 3. The van der Waals surface area contributed by atoms with Crippen LogP contribution in [-0.2, 0) is 16.1 Å². The summed E-state index contributed by atoms with van der Waals surface area (Å²) in [4.78, 5) is 39.9. The smallest absolute Gasteiger partial charge is 0.251 e. The lowest BCUT2D eigenvalue weighted by Crippen LogP contribution is -2.39. The first-order chi connectivity index (χ1) is 14.4. The first kappa shape index (κ1) is 20.6. The normalized spacial score (nSPS) is 22.0. The summed E-state index contributed by atoms with van der Waals surface area (Å²) >= 11 is 6.01. The van der Waals surface area contributed by atoms with Crippen LogP contribution < -0.4 is 5.32 Å². The monoisotopic (exact) mass is 425 g/mol. The van der Waals surface area contributed by atoms with Crippen molar-refractivity contribution in [1.82, 2.24) is 15.1 Å². The van der Waals surface area contributed by atoms with Crippen molar-refractivity contribution in [3.05, 3.63) is 70.2 Å². The van der Waals surface area contributed by atoms with Crippen LogP contribution in [0.5, 0.6) is 0 Å². The van der Waals surface area contributed by atoms with E-state index in [4.69, 9.17) is 11.6 Å². The summed E-state index contributed by atoms with van der Waals surface area (Å²) in [6.07, 6.45) is 1.43. The minimum absolute atomic E-state index is 0.00296. The number of hydrogen-bond acceptors (Lipinski definition) is 4. The minimum atomic E-state index is -0.139. The Morgan fingerprint density at radius 3 is 2.30 bits per heavy atom. The van der Waals surface area contributed by atoms with Crippen LogP contribution in [0.25, 0.3) is 0 Å². The molecule has 2 saturated heterocycles. The number of hydrogen-bond donors (Lipinski definition) is 1. The highest BCUT2D eigenvalue weighted by atomic mass is 35.5. The molecular weight excluding hydrogens is 402 g/mol. The highest BCUT2D eigenvalue weighted by Gasteiger charge is 2.34. The zero-order valence-corrected chi connectivity index (χ0v) is 17.6. The SMILES string of the molecule is CN1CC[C@@H](NC(=O)c2ccc(CN3C(=O)CCC3=O)cc2)[C@@H]1c1ccc(Cl)cc1. The van der Waals surface area contributed by atoms with Gasteiger partial charge in [-0.25, -0.2) is 0 Å². The molecule has 7 heteroatoms. The molecule has 6 nitrogen and oxygen atoms in total. The average Bonchev–Trinajstić information content (AvgIpc) is 3.25. The van der Waals surface area contributed by atoms with Gasteiger partial charge in [-0.1, -0.05) is 35.9 Å². The second kappa shape index (κ2) is 8.58. The Bertz CT molecular complexity index is 943. The quantitative estimate of drug-likeness (QED) is 0.747. The third kappa shape index (κ3) is 4.25. The Balaban J connectivity index is 1.42. The van der Waals surface area contributed by atoms with Crippen molar-refractivity contribution in [2.45, 2.75) is 37.9 Å². The van der Waals surface area contributed by atoms with Crippen LogP contribution in [-0.4, -0.2) is 47.2 Å². The predicted octanol–water partition coefficient (Wildman–Crippen LogP) is 3.16. The number of likely N-dealkylation sites (tertiary alicyclic amines) is 2. The molecule has 156 valence electrons. The molecule has 2 aliphatic rings. The van der Waals surface area contributed by atoms with E-state index < -0.39 is 0 Å². The van der Waals surface area contributed by atoms with Gasteiger partial charge in [-0.15, -0.1) is 0 Å². The number of halogens is 1. The molecular formula is C23H24ClN3O3. The van der Waals surface area contributed by atoms with Crippen LogP contribution in [0.4, 0.5) is 0 Å². The molecule has 2 atom stereocenters. The van der Waals surface area contributed by atoms with E-state index in [1.165, 1.54) is 4.90 Å². The highest BCUT2D eigenvalue weighted by molar-refractivity contribution is 6.30.